The van der Waals surface area contributed by atoms with Crippen LogP contribution in [0.25, 0.3) is 21.8 Å². The van der Waals surface area contributed by atoms with Gasteiger partial charge in [-0.3, -0.25) is 4.55 Å². The summed E-state index contributed by atoms with van der Waals surface area (Å²) in [6, 6.07) is 22.6. The van der Waals surface area contributed by atoms with E-state index in [-0.39, 0.29) is 4.90 Å². The highest BCUT2D eigenvalue weighted by Crippen LogP contribution is 2.30. The third-order valence-electron chi connectivity index (χ3n) is 4.39. The maximum absolute atomic E-state index is 10.4. The summed E-state index contributed by atoms with van der Waals surface area (Å²) in [7, 11) is -4.00. The molecule has 0 bridgehead atoms. The molecule has 0 unspecified atom stereocenters. The number of aromatic amines is 1. The first-order valence-electron chi connectivity index (χ1n) is 9.16. The normalized spacial score (nSPS) is 12.0. The number of nitrogens with one attached hydrogen (secondary N) is 1. The molecule has 0 saturated heterocycles. The van der Waals surface area contributed by atoms with Crippen molar-refractivity contribution < 1.29 is 13.0 Å². The summed E-state index contributed by atoms with van der Waals surface area (Å²) >= 11 is 0. The molecule has 5 heteroatoms. The Morgan fingerprint density at radius 1 is 0.821 bits per heavy atom. The number of rotatable bonds is 2. The summed E-state index contributed by atoms with van der Waals surface area (Å²) in [5.74, 6) is 0. The van der Waals surface area contributed by atoms with E-state index in [2.05, 4.69) is 68.2 Å². The molecule has 0 aliphatic carbocycles. The van der Waals surface area contributed by atoms with E-state index in [1.54, 1.807) is 18.2 Å². The molecule has 2 N–H and O–H groups in total. The molecule has 0 aliphatic heterocycles. The van der Waals surface area contributed by atoms with Crippen LogP contribution >= 0.6 is 0 Å². The van der Waals surface area contributed by atoms with Crippen LogP contribution in [0, 0.1) is 5.41 Å². The fourth-order valence-corrected chi connectivity index (χ4v) is 3.75. The predicted octanol–water partition coefficient (Wildman–Crippen LogP) is 5.84. The van der Waals surface area contributed by atoms with E-state index in [9.17, 15) is 8.42 Å². The molecular weight excluding hydrogens is 370 g/mol. The molecule has 4 aromatic rings. The van der Waals surface area contributed by atoms with Crippen molar-refractivity contribution >= 4 is 31.9 Å². The highest BCUT2D eigenvalue weighted by Gasteiger charge is 2.15. The van der Waals surface area contributed by atoms with E-state index in [4.69, 9.17) is 4.55 Å². The summed E-state index contributed by atoms with van der Waals surface area (Å²) in [6.07, 6.45) is 1.09. The van der Waals surface area contributed by atoms with E-state index in [1.165, 1.54) is 39.5 Å². The summed E-state index contributed by atoms with van der Waals surface area (Å²) in [4.78, 5) is 3.50. The quantitative estimate of drug-likeness (QED) is 0.419. The standard InChI is InChI=1S/C17H19N.C6H6O3S/c1-17(2,3)11-12-7-6-9-14-13-8-4-5-10-15(13)18-16(12)14;7-10(8,9)6-4-2-1-3-5-6/h4-10,18H,11H2,1-3H3;1-5H,(H,7,8,9). The van der Waals surface area contributed by atoms with Crippen LogP contribution in [0.4, 0.5) is 0 Å². The predicted molar refractivity (Wildman–Crippen MR) is 115 cm³/mol. The Hall–Kier alpha value is -2.63. The number of aromatic nitrogens is 1. The topological polar surface area (TPSA) is 70.2 Å². The van der Waals surface area contributed by atoms with Crippen LogP contribution in [0.5, 0.6) is 0 Å². The lowest BCUT2D eigenvalue weighted by molar-refractivity contribution is 0.412. The van der Waals surface area contributed by atoms with Gasteiger partial charge in [0.2, 0.25) is 0 Å². The minimum atomic E-state index is -4.00. The fraction of sp³-hybridized carbons (Fsp3) is 0.217. The van der Waals surface area contributed by atoms with Crippen LogP contribution < -0.4 is 0 Å². The van der Waals surface area contributed by atoms with Crippen LogP contribution in [-0.2, 0) is 16.5 Å². The third kappa shape index (κ3) is 4.80. The second-order valence-electron chi connectivity index (χ2n) is 8.04. The molecule has 0 spiro atoms. The maximum Gasteiger partial charge on any atom is 0.294 e. The zero-order valence-electron chi connectivity index (χ0n) is 16.3. The first-order chi connectivity index (χ1) is 13.1. The number of hydrogen-bond donors (Lipinski definition) is 2. The number of fused-ring (bicyclic) bond motifs is 3. The van der Waals surface area contributed by atoms with Crippen LogP contribution in [0.3, 0.4) is 0 Å². The molecule has 28 heavy (non-hydrogen) atoms. The molecule has 3 aromatic carbocycles. The minimum absolute atomic E-state index is 0.0741. The summed E-state index contributed by atoms with van der Waals surface area (Å²) in [5.41, 5.74) is 4.25. The highest BCUT2D eigenvalue weighted by molar-refractivity contribution is 7.85. The monoisotopic (exact) mass is 395 g/mol. The molecule has 0 radical (unpaired) electrons. The van der Waals surface area contributed by atoms with Crippen molar-refractivity contribution in [2.45, 2.75) is 32.1 Å². The Bertz CT molecular complexity index is 1190. The zero-order chi connectivity index (χ0) is 20.4. The van der Waals surface area contributed by atoms with E-state index in [0.717, 1.165) is 6.42 Å². The second kappa shape index (κ2) is 7.78. The molecule has 146 valence electrons. The van der Waals surface area contributed by atoms with Crippen LogP contribution in [0.1, 0.15) is 26.3 Å². The van der Waals surface area contributed by atoms with E-state index in [1.807, 2.05) is 0 Å². The Morgan fingerprint density at radius 2 is 1.43 bits per heavy atom. The molecule has 4 nitrogen and oxygen atoms in total. The van der Waals surface area contributed by atoms with Crippen molar-refractivity contribution in [2.75, 3.05) is 0 Å². The first kappa shape index (κ1) is 20.1. The number of hydrogen-bond acceptors (Lipinski definition) is 2. The van der Waals surface area contributed by atoms with Gasteiger partial charge in [-0.05, 0) is 35.6 Å². The first-order valence-corrected chi connectivity index (χ1v) is 10.6. The number of H-pyrrole nitrogens is 1. The van der Waals surface area contributed by atoms with Crippen molar-refractivity contribution in [1.82, 2.24) is 4.98 Å². The van der Waals surface area contributed by atoms with Crippen molar-refractivity contribution in [3.63, 3.8) is 0 Å². The second-order valence-corrected chi connectivity index (χ2v) is 9.46. The lowest BCUT2D eigenvalue weighted by Crippen LogP contribution is -2.09. The minimum Gasteiger partial charge on any atom is -0.354 e. The van der Waals surface area contributed by atoms with Gasteiger partial charge in [-0.25, -0.2) is 0 Å². The van der Waals surface area contributed by atoms with Crippen LogP contribution in [0.2, 0.25) is 0 Å². The molecule has 0 aliphatic rings. The van der Waals surface area contributed by atoms with Crippen LogP contribution in [0.15, 0.2) is 77.7 Å². The number of para-hydroxylation sites is 2. The Kier molecular flexibility index (Phi) is 5.59. The van der Waals surface area contributed by atoms with Crippen molar-refractivity contribution in [1.29, 1.82) is 0 Å². The number of benzene rings is 3. The summed E-state index contributed by atoms with van der Waals surface area (Å²) in [5, 5.41) is 2.66. The van der Waals surface area contributed by atoms with E-state index >= 15 is 0 Å². The molecule has 0 fully saturated rings. The van der Waals surface area contributed by atoms with E-state index < -0.39 is 10.1 Å². The molecule has 1 aromatic heterocycles. The van der Waals surface area contributed by atoms with Gasteiger partial charge in [-0.1, -0.05) is 75.4 Å². The zero-order valence-corrected chi connectivity index (χ0v) is 17.1. The average molecular weight is 396 g/mol. The SMILES string of the molecule is CC(C)(C)Cc1cccc2c1[nH]c1ccccc12.O=S(=O)(O)c1ccccc1. The van der Waals surface area contributed by atoms with Gasteiger partial charge in [-0.15, -0.1) is 0 Å². The maximum atomic E-state index is 10.4. The van der Waals surface area contributed by atoms with Gasteiger partial charge in [0.1, 0.15) is 0 Å². The molecule has 0 saturated carbocycles. The fourth-order valence-electron chi connectivity index (χ4n) is 3.24. The van der Waals surface area contributed by atoms with Gasteiger partial charge in [0.25, 0.3) is 10.1 Å². The average Bonchev–Trinajstić information content (AvgIpc) is 3.01. The smallest absolute Gasteiger partial charge is 0.294 e. The summed E-state index contributed by atoms with van der Waals surface area (Å²) < 4.78 is 29.2. The molecule has 0 atom stereocenters. The lowest BCUT2D eigenvalue weighted by Gasteiger charge is -2.18. The molecular formula is C23H25NO3S. The van der Waals surface area contributed by atoms with E-state index in [0.29, 0.717) is 5.41 Å². The van der Waals surface area contributed by atoms with Gasteiger partial charge in [-0.2, -0.15) is 8.42 Å². The molecule has 1 heterocycles. The lowest BCUT2D eigenvalue weighted by atomic mass is 9.87. The van der Waals surface area contributed by atoms with Gasteiger partial charge in [0.15, 0.2) is 0 Å². The van der Waals surface area contributed by atoms with Gasteiger partial charge < -0.3 is 4.98 Å². The van der Waals surface area contributed by atoms with Gasteiger partial charge >= 0.3 is 0 Å². The van der Waals surface area contributed by atoms with Crippen molar-refractivity contribution in [3.05, 3.63) is 78.4 Å². The van der Waals surface area contributed by atoms with Crippen molar-refractivity contribution in [2.24, 2.45) is 5.41 Å². The van der Waals surface area contributed by atoms with Crippen LogP contribution in [-0.4, -0.2) is 18.0 Å². The Balaban J connectivity index is 0.000000192. The third-order valence-corrected chi connectivity index (χ3v) is 5.26. The molecule has 4 rings (SSSR count). The Labute approximate surface area is 166 Å². The Morgan fingerprint density at radius 3 is 2.04 bits per heavy atom. The van der Waals surface area contributed by atoms with Gasteiger partial charge in [0.05, 0.1) is 4.90 Å². The highest BCUT2D eigenvalue weighted by atomic mass is 32.2. The molecule has 0 amide bonds. The van der Waals surface area contributed by atoms with Crippen molar-refractivity contribution in [3.8, 4) is 0 Å². The largest absolute Gasteiger partial charge is 0.354 e. The van der Waals surface area contributed by atoms with Gasteiger partial charge in [0, 0.05) is 21.8 Å². The summed E-state index contributed by atoms with van der Waals surface area (Å²) in [6.45, 7) is 6.86.